The zero-order valence-corrected chi connectivity index (χ0v) is 15.7. The smallest absolute Gasteiger partial charge is 0.220 e. The number of carbonyl (C=O) groups is 1. The van der Waals surface area contributed by atoms with Gasteiger partial charge in [-0.15, -0.1) is 0 Å². The predicted octanol–water partition coefficient (Wildman–Crippen LogP) is 4.25. The van der Waals surface area contributed by atoms with Crippen LogP contribution in [0.1, 0.15) is 37.2 Å². The number of fused-ring (bicyclic) bond motifs is 2. The van der Waals surface area contributed by atoms with E-state index in [1.54, 1.807) is 0 Å². The summed E-state index contributed by atoms with van der Waals surface area (Å²) in [6.07, 6.45) is 4.40. The van der Waals surface area contributed by atoms with E-state index in [9.17, 15) is 4.79 Å². The molecule has 2 aromatic carbocycles. The van der Waals surface area contributed by atoms with E-state index in [4.69, 9.17) is 0 Å². The fourth-order valence-corrected chi connectivity index (χ4v) is 3.62. The lowest BCUT2D eigenvalue weighted by Gasteiger charge is -2.11. The van der Waals surface area contributed by atoms with Crippen molar-refractivity contribution in [3.8, 4) is 0 Å². The van der Waals surface area contributed by atoms with Gasteiger partial charge in [0, 0.05) is 30.6 Å². The number of hydrogen-bond donors (Lipinski definition) is 2. The molecule has 0 aliphatic rings. The summed E-state index contributed by atoms with van der Waals surface area (Å²) in [5, 5.41) is 4.32. The standard InChI is InChI=1S/C22H24N4O/c1-15(22-24-18-10-4-5-11-19(18)25-22)23-21(27)13-7-8-16-14-26(2)20-12-6-3-9-17(16)20/h3-6,9-12,14-15H,7-8,13H2,1-2H3,(H,23,27)(H,24,25)/t15-/m0/s1. The molecule has 0 spiro atoms. The molecule has 4 aromatic rings. The van der Waals surface area contributed by atoms with E-state index in [1.807, 2.05) is 31.2 Å². The summed E-state index contributed by atoms with van der Waals surface area (Å²) in [7, 11) is 2.06. The van der Waals surface area contributed by atoms with Crippen LogP contribution < -0.4 is 5.32 Å². The Morgan fingerprint density at radius 1 is 1.19 bits per heavy atom. The Morgan fingerprint density at radius 3 is 2.81 bits per heavy atom. The number of H-pyrrole nitrogens is 1. The molecule has 5 nitrogen and oxygen atoms in total. The Kier molecular flexibility index (Phi) is 4.67. The first kappa shape index (κ1) is 17.3. The minimum absolute atomic E-state index is 0.0585. The first-order chi connectivity index (χ1) is 13.1. The summed E-state index contributed by atoms with van der Waals surface area (Å²) in [6.45, 7) is 1.96. The number of rotatable bonds is 6. The average Bonchev–Trinajstić information content (AvgIpc) is 3.24. The van der Waals surface area contributed by atoms with Crippen LogP contribution in [0.15, 0.2) is 54.7 Å². The second kappa shape index (κ2) is 7.27. The number of hydrogen-bond acceptors (Lipinski definition) is 2. The summed E-state index contributed by atoms with van der Waals surface area (Å²) < 4.78 is 2.15. The van der Waals surface area contributed by atoms with Crippen LogP contribution in [0.2, 0.25) is 0 Å². The number of aryl methyl sites for hydroxylation is 2. The van der Waals surface area contributed by atoms with Crippen LogP contribution in [-0.4, -0.2) is 20.4 Å². The van der Waals surface area contributed by atoms with Gasteiger partial charge in [0.1, 0.15) is 5.82 Å². The monoisotopic (exact) mass is 360 g/mol. The number of amides is 1. The summed E-state index contributed by atoms with van der Waals surface area (Å²) >= 11 is 0. The van der Waals surface area contributed by atoms with Crippen LogP contribution in [0.5, 0.6) is 0 Å². The van der Waals surface area contributed by atoms with Crippen molar-refractivity contribution in [2.75, 3.05) is 0 Å². The van der Waals surface area contributed by atoms with Gasteiger partial charge in [0.25, 0.3) is 0 Å². The van der Waals surface area contributed by atoms with Crippen molar-refractivity contribution in [1.29, 1.82) is 0 Å². The van der Waals surface area contributed by atoms with Crippen molar-refractivity contribution >= 4 is 27.8 Å². The molecule has 0 saturated carbocycles. The zero-order valence-electron chi connectivity index (χ0n) is 15.7. The molecule has 27 heavy (non-hydrogen) atoms. The van der Waals surface area contributed by atoms with E-state index in [1.165, 1.54) is 16.5 Å². The maximum absolute atomic E-state index is 12.3. The number of nitrogens with zero attached hydrogens (tertiary/aromatic N) is 2. The minimum atomic E-state index is -0.137. The second-order valence-corrected chi connectivity index (χ2v) is 7.06. The van der Waals surface area contributed by atoms with Crippen molar-refractivity contribution in [2.24, 2.45) is 7.05 Å². The number of imidazole rings is 1. The van der Waals surface area contributed by atoms with Gasteiger partial charge in [-0.1, -0.05) is 30.3 Å². The van der Waals surface area contributed by atoms with Crippen molar-refractivity contribution in [1.82, 2.24) is 19.9 Å². The fraction of sp³-hybridized carbons (Fsp3) is 0.273. The van der Waals surface area contributed by atoms with Crippen LogP contribution in [-0.2, 0) is 18.3 Å². The highest BCUT2D eigenvalue weighted by molar-refractivity contribution is 5.84. The van der Waals surface area contributed by atoms with Crippen LogP contribution in [0.3, 0.4) is 0 Å². The summed E-state index contributed by atoms with van der Waals surface area (Å²) in [4.78, 5) is 20.2. The van der Waals surface area contributed by atoms with Gasteiger partial charge in [0.15, 0.2) is 0 Å². The Labute approximate surface area is 158 Å². The summed E-state index contributed by atoms with van der Waals surface area (Å²) in [6, 6.07) is 16.1. The van der Waals surface area contributed by atoms with E-state index in [0.29, 0.717) is 6.42 Å². The summed E-state index contributed by atoms with van der Waals surface area (Å²) in [5.74, 6) is 0.849. The molecule has 0 radical (unpaired) electrons. The van der Waals surface area contributed by atoms with E-state index >= 15 is 0 Å². The molecular weight excluding hydrogens is 336 g/mol. The molecule has 138 valence electrons. The van der Waals surface area contributed by atoms with Gasteiger partial charge >= 0.3 is 0 Å². The average molecular weight is 360 g/mol. The maximum atomic E-state index is 12.3. The third-order valence-corrected chi connectivity index (χ3v) is 5.02. The summed E-state index contributed by atoms with van der Waals surface area (Å²) in [5.41, 5.74) is 4.44. The minimum Gasteiger partial charge on any atom is -0.350 e. The highest BCUT2D eigenvalue weighted by atomic mass is 16.1. The third-order valence-electron chi connectivity index (χ3n) is 5.02. The van der Waals surface area contributed by atoms with E-state index < -0.39 is 0 Å². The van der Waals surface area contributed by atoms with E-state index in [0.717, 1.165) is 29.7 Å². The molecule has 4 rings (SSSR count). The van der Waals surface area contributed by atoms with Gasteiger partial charge in [-0.25, -0.2) is 4.98 Å². The Hall–Kier alpha value is -3.08. The molecule has 0 bridgehead atoms. The van der Waals surface area contributed by atoms with E-state index in [2.05, 4.69) is 57.4 Å². The first-order valence-electron chi connectivity index (χ1n) is 9.39. The molecule has 0 saturated heterocycles. The van der Waals surface area contributed by atoms with E-state index in [-0.39, 0.29) is 11.9 Å². The van der Waals surface area contributed by atoms with Crippen LogP contribution in [0.4, 0.5) is 0 Å². The van der Waals surface area contributed by atoms with Crippen molar-refractivity contribution < 1.29 is 4.79 Å². The molecule has 2 N–H and O–H groups in total. The molecule has 0 unspecified atom stereocenters. The number of para-hydroxylation sites is 3. The van der Waals surface area contributed by atoms with Crippen LogP contribution in [0, 0.1) is 0 Å². The largest absolute Gasteiger partial charge is 0.350 e. The van der Waals surface area contributed by atoms with Gasteiger partial charge in [-0.05, 0) is 43.5 Å². The maximum Gasteiger partial charge on any atom is 0.220 e. The number of aromatic amines is 1. The molecule has 0 fully saturated rings. The highest BCUT2D eigenvalue weighted by Crippen LogP contribution is 2.22. The molecule has 0 aliphatic carbocycles. The van der Waals surface area contributed by atoms with Gasteiger partial charge in [-0.2, -0.15) is 0 Å². The van der Waals surface area contributed by atoms with Crippen molar-refractivity contribution in [3.63, 3.8) is 0 Å². The zero-order chi connectivity index (χ0) is 18.8. The fourth-order valence-electron chi connectivity index (χ4n) is 3.62. The van der Waals surface area contributed by atoms with Gasteiger partial charge in [0.05, 0.1) is 17.1 Å². The lowest BCUT2D eigenvalue weighted by molar-refractivity contribution is -0.121. The SMILES string of the molecule is C[C@H](NC(=O)CCCc1cn(C)c2ccccc12)c1nc2ccccc2[nH]1. The molecule has 2 heterocycles. The van der Waals surface area contributed by atoms with Gasteiger partial charge < -0.3 is 14.9 Å². The van der Waals surface area contributed by atoms with Crippen molar-refractivity contribution in [3.05, 3.63) is 66.1 Å². The van der Waals surface area contributed by atoms with Crippen LogP contribution >= 0.6 is 0 Å². The Balaban J connectivity index is 1.34. The molecule has 0 aliphatic heterocycles. The Bertz CT molecular complexity index is 1060. The third kappa shape index (κ3) is 3.58. The molecule has 1 amide bonds. The normalized spacial score (nSPS) is 12.5. The lowest BCUT2D eigenvalue weighted by Crippen LogP contribution is -2.27. The van der Waals surface area contributed by atoms with Crippen LogP contribution in [0.25, 0.3) is 21.9 Å². The molecule has 5 heteroatoms. The predicted molar refractivity (Wildman–Crippen MR) is 109 cm³/mol. The molecular formula is C22H24N4O. The second-order valence-electron chi connectivity index (χ2n) is 7.06. The van der Waals surface area contributed by atoms with Crippen molar-refractivity contribution in [2.45, 2.75) is 32.2 Å². The lowest BCUT2D eigenvalue weighted by atomic mass is 10.1. The Morgan fingerprint density at radius 2 is 1.96 bits per heavy atom. The number of carbonyl (C=O) groups excluding carboxylic acids is 1. The highest BCUT2D eigenvalue weighted by Gasteiger charge is 2.14. The van der Waals surface area contributed by atoms with Gasteiger partial charge in [-0.3, -0.25) is 4.79 Å². The van der Waals surface area contributed by atoms with Gasteiger partial charge in [0.2, 0.25) is 5.91 Å². The molecule has 2 aromatic heterocycles. The quantitative estimate of drug-likeness (QED) is 0.540. The number of aromatic nitrogens is 3. The molecule has 1 atom stereocenters. The first-order valence-corrected chi connectivity index (χ1v) is 9.39. The topological polar surface area (TPSA) is 62.7 Å². The number of benzene rings is 2. The number of nitrogens with one attached hydrogen (secondary N) is 2.